The van der Waals surface area contributed by atoms with E-state index in [1.807, 2.05) is 60.7 Å². The van der Waals surface area contributed by atoms with Crippen LogP contribution in [-0.4, -0.2) is 51.5 Å². The van der Waals surface area contributed by atoms with Crippen LogP contribution in [0.2, 0.25) is 0 Å². The average Bonchev–Trinajstić information content (AvgIpc) is 3.33. The van der Waals surface area contributed by atoms with Crippen LogP contribution in [0.4, 0.5) is 16.2 Å². The first kappa shape index (κ1) is 25.8. The first-order chi connectivity index (χ1) is 17.6. The van der Waals surface area contributed by atoms with Crippen molar-refractivity contribution in [2.24, 2.45) is 0 Å². The zero-order valence-electron chi connectivity index (χ0n) is 19.8. The highest BCUT2D eigenvalue weighted by atomic mass is 35.5. The summed E-state index contributed by atoms with van der Waals surface area (Å²) in [7, 11) is 1.69. The number of nitrogens with zero attached hydrogens (tertiary/aromatic N) is 4. The Bertz CT molecular complexity index is 1230. The van der Waals surface area contributed by atoms with Crippen molar-refractivity contribution in [3.8, 4) is 0 Å². The molecule has 4 rings (SSSR count). The molecular formula is C25H28ClFN6O3. The fourth-order valence-electron chi connectivity index (χ4n) is 3.60. The lowest BCUT2D eigenvalue weighted by Gasteiger charge is -2.27. The highest BCUT2D eigenvalue weighted by Crippen LogP contribution is 2.26. The van der Waals surface area contributed by atoms with Crippen LogP contribution in [0.15, 0.2) is 67.0 Å². The summed E-state index contributed by atoms with van der Waals surface area (Å²) in [5.41, 5.74) is 7.62. The summed E-state index contributed by atoms with van der Waals surface area (Å²) in [4.78, 5) is 12.6. The van der Waals surface area contributed by atoms with Gasteiger partial charge in [0.15, 0.2) is 28.8 Å². The minimum absolute atomic E-state index is 0.0235. The maximum atomic E-state index is 14.3. The van der Waals surface area contributed by atoms with Crippen LogP contribution >= 0.6 is 11.6 Å². The van der Waals surface area contributed by atoms with E-state index in [1.54, 1.807) is 7.05 Å². The Morgan fingerprint density at radius 2 is 1.69 bits per heavy atom. The fourth-order valence-corrected chi connectivity index (χ4v) is 3.79. The predicted octanol–water partition coefficient (Wildman–Crippen LogP) is 4.30. The second-order valence-corrected chi connectivity index (χ2v) is 8.37. The molecule has 2 aromatic heterocycles. The third kappa shape index (κ3) is 6.46. The van der Waals surface area contributed by atoms with E-state index in [4.69, 9.17) is 31.5 Å². The van der Waals surface area contributed by atoms with Crippen molar-refractivity contribution in [3.63, 3.8) is 0 Å². The Labute approximate surface area is 213 Å². The summed E-state index contributed by atoms with van der Waals surface area (Å²) in [6, 6.07) is 19.3. The molecule has 2 aromatic carbocycles. The van der Waals surface area contributed by atoms with E-state index in [9.17, 15) is 4.39 Å². The van der Waals surface area contributed by atoms with Crippen molar-refractivity contribution in [2.45, 2.75) is 31.1 Å². The molecule has 4 aromatic rings. The zero-order chi connectivity index (χ0) is 25.3. The van der Waals surface area contributed by atoms with Crippen molar-refractivity contribution in [3.05, 3.63) is 78.1 Å². The number of fused-ring (bicyclic) bond motifs is 1. The highest BCUT2D eigenvalue weighted by Gasteiger charge is 2.28. The van der Waals surface area contributed by atoms with E-state index >= 15 is 0 Å². The lowest BCUT2D eigenvalue weighted by Crippen LogP contribution is -2.35. The number of benzene rings is 2. The molecule has 2 unspecified atom stereocenters. The number of alkyl halides is 2. The number of nitrogens with one attached hydrogen (secondary N) is 1. The van der Waals surface area contributed by atoms with Gasteiger partial charge in [0.2, 0.25) is 5.95 Å². The van der Waals surface area contributed by atoms with Crippen LogP contribution in [0, 0.1) is 0 Å². The number of hydrogen-bond donors (Lipinski definition) is 2. The Hall–Kier alpha value is -3.31. The molecule has 0 saturated carbocycles. The van der Waals surface area contributed by atoms with Gasteiger partial charge in [-0.2, -0.15) is 9.97 Å². The Balaban J connectivity index is 1.52. The topological polar surface area (TPSA) is 109 Å². The molecular weight excluding hydrogens is 487 g/mol. The third-order valence-corrected chi connectivity index (χ3v) is 5.79. The number of halogens is 2. The summed E-state index contributed by atoms with van der Waals surface area (Å²) < 4.78 is 33.6. The fraction of sp³-hybridized carbons (Fsp3) is 0.320. The molecule has 36 heavy (non-hydrogen) atoms. The standard InChI is InChI=1S/C25H28ClFN6O3/c1-29-23-21-24(32-25(28)31-23)33(16-30-21)20(12-27)36-19(15-34-13-17-8-4-2-5-9-17)22(26)35-14-18-10-6-3-7-11-18/h2-11,16,19-20,22H,12-15H2,1H3,(H3,28,29,31,32)/t19?,20?,22-/m1/s1. The summed E-state index contributed by atoms with van der Waals surface area (Å²) in [6.07, 6.45) is -0.471. The first-order valence-corrected chi connectivity index (χ1v) is 11.8. The zero-order valence-corrected chi connectivity index (χ0v) is 20.5. The second-order valence-electron chi connectivity index (χ2n) is 7.94. The maximum Gasteiger partial charge on any atom is 0.224 e. The van der Waals surface area contributed by atoms with Gasteiger partial charge >= 0.3 is 0 Å². The van der Waals surface area contributed by atoms with E-state index in [0.29, 0.717) is 23.6 Å². The van der Waals surface area contributed by atoms with Gasteiger partial charge < -0.3 is 25.3 Å². The SMILES string of the molecule is CNc1nc(N)nc2c1ncn2C(CF)OC(COCc1ccccc1)[C@H](Cl)OCc1ccccc1. The van der Waals surface area contributed by atoms with Gasteiger partial charge in [-0.3, -0.25) is 4.57 Å². The number of nitrogens with two attached hydrogens (primary N) is 1. The van der Waals surface area contributed by atoms with Gasteiger partial charge in [0.25, 0.3) is 0 Å². The van der Waals surface area contributed by atoms with Crippen molar-refractivity contribution >= 4 is 34.5 Å². The van der Waals surface area contributed by atoms with Crippen molar-refractivity contribution in [1.82, 2.24) is 19.5 Å². The van der Waals surface area contributed by atoms with Gasteiger partial charge in [-0.1, -0.05) is 72.3 Å². The van der Waals surface area contributed by atoms with E-state index in [0.717, 1.165) is 11.1 Å². The van der Waals surface area contributed by atoms with Gasteiger partial charge in [0.1, 0.15) is 12.8 Å². The van der Waals surface area contributed by atoms with Crippen molar-refractivity contribution in [1.29, 1.82) is 0 Å². The molecule has 0 aliphatic rings. The molecule has 190 valence electrons. The summed E-state index contributed by atoms with van der Waals surface area (Å²) >= 11 is 6.60. The number of imidazole rings is 1. The Morgan fingerprint density at radius 3 is 2.33 bits per heavy atom. The van der Waals surface area contributed by atoms with Gasteiger partial charge in [-0.15, -0.1) is 0 Å². The van der Waals surface area contributed by atoms with Gasteiger partial charge in [-0.05, 0) is 11.1 Å². The van der Waals surface area contributed by atoms with Crippen LogP contribution in [0.25, 0.3) is 11.2 Å². The van der Waals surface area contributed by atoms with E-state index in [1.165, 1.54) is 10.9 Å². The van der Waals surface area contributed by atoms with E-state index in [-0.39, 0.29) is 19.2 Å². The van der Waals surface area contributed by atoms with Crippen LogP contribution in [0.1, 0.15) is 17.4 Å². The van der Waals surface area contributed by atoms with Crippen molar-refractivity contribution in [2.75, 3.05) is 31.4 Å². The number of aromatic nitrogens is 4. The van der Waals surface area contributed by atoms with E-state index in [2.05, 4.69) is 20.3 Å². The molecule has 0 amide bonds. The van der Waals surface area contributed by atoms with Crippen LogP contribution in [-0.2, 0) is 27.4 Å². The van der Waals surface area contributed by atoms with Gasteiger partial charge in [0.05, 0.1) is 26.1 Å². The van der Waals surface area contributed by atoms with Crippen LogP contribution in [0.3, 0.4) is 0 Å². The maximum absolute atomic E-state index is 14.3. The molecule has 9 nitrogen and oxygen atoms in total. The molecule has 0 aliphatic carbocycles. The monoisotopic (exact) mass is 514 g/mol. The predicted molar refractivity (Wildman–Crippen MR) is 136 cm³/mol. The molecule has 0 aliphatic heterocycles. The lowest BCUT2D eigenvalue weighted by atomic mass is 10.2. The van der Waals surface area contributed by atoms with Gasteiger partial charge in [-0.25, -0.2) is 9.37 Å². The number of anilines is 2. The normalized spacial score (nSPS) is 14.0. The average molecular weight is 515 g/mol. The molecule has 2 heterocycles. The molecule has 0 radical (unpaired) electrons. The second kappa shape index (κ2) is 12.6. The molecule has 0 fully saturated rings. The number of ether oxygens (including phenoxy) is 3. The number of nitrogen functional groups attached to an aromatic ring is 1. The Morgan fingerprint density at radius 1 is 1.03 bits per heavy atom. The number of rotatable bonds is 13. The largest absolute Gasteiger partial charge is 0.374 e. The molecule has 0 spiro atoms. The molecule has 0 bridgehead atoms. The lowest BCUT2D eigenvalue weighted by molar-refractivity contribution is -0.135. The smallest absolute Gasteiger partial charge is 0.224 e. The third-order valence-electron chi connectivity index (χ3n) is 5.39. The van der Waals surface area contributed by atoms with Crippen LogP contribution < -0.4 is 11.1 Å². The van der Waals surface area contributed by atoms with Crippen molar-refractivity contribution < 1.29 is 18.6 Å². The minimum Gasteiger partial charge on any atom is -0.374 e. The summed E-state index contributed by atoms with van der Waals surface area (Å²) in [5.74, 6) is 0.452. The minimum atomic E-state index is -1.10. The number of hydrogen-bond acceptors (Lipinski definition) is 8. The molecule has 11 heteroatoms. The van der Waals surface area contributed by atoms with Crippen LogP contribution in [0.5, 0.6) is 0 Å². The van der Waals surface area contributed by atoms with E-state index < -0.39 is 24.6 Å². The molecule has 3 atom stereocenters. The Kier molecular flexibility index (Phi) is 9.01. The first-order valence-electron chi connectivity index (χ1n) is 11.4. The summed E-state index contributed by atoms with van der Waals surface area (Å²) in [5, 5.41) is 2.91. The summed E-state index contributed by atoms with van der Waals surface area (Å²) in [6.45, 7) is -0.203. The van der Waals surface area contributed by atoms with Gasteiger partial charge in [0, 0.05) is 7.05 Å². The quantitative estimate of drug-likeness (QED) is 0.254. The highest BCUT2D eigenvalue weighted by molar-refractivity contribution is 6.20. The molecule has 3 N–H and O–H groups in total. The molecule has 0 saturated heterocycles.